The third kappa shape index (κ3) is 3.25. The van der Waals surface area contributed by atoms with Crippen LogP contribution in [0.3, 0.4) is 0 Å². The van der Waals surface area contributed by atoms with E-state index in [9.17, 15) is 0 Å². The third-order valence-corrected chi connectivity index (χ3v) is 2.69. The molecule has 1 atom stereocenters. The summed E-state index contributed by atoms with van der Waals surface area (Å²) in [6.07, 6.45) is 2.04. The number of hydrogen-bond donors (Lipinski definition) is 1. The van der Waals surface area contributed by atoms with Gasteiger partial charge in [0.15, 0.2) is 0 Å². The lowest BCUT2D eigenvalue weighted by Gasteiger charge is -2.12. The number of pyridine rings is 1. The first kappa shape index (κ1) is 12.0. The van der Waals surface area contributed by atoms with Gasteiger partial charge in [-0.15, -0.1) is 0 Å². The van der Waals surface area contributed by atoms with E-state index in [2.05, 4.69) is 35.4 Å². The lowest BCUT2D eigenvalue weighted by atomic mass is 10.1. The minimum atomic E-state index is 0.226. The first-order valence-corrected chi connectivity index (χ1v) is 5.89. The fourth-order valence-corrected chi connectivity index (χ4v) is 1.80. The van der Waals surface area contributed by atoms with Crippen molar-refractivity contribution < 1.29 is 4.74 Å². The fourth-order valence-electron chi connectivity index (χ4n) is 1.80. The van der Waals surface area contributed by atoms with E-state index in [0.29, 0.717) is 6.61 Å². The van der Waals surface area contributed by atoms with E-state index in [1.54, 1.807) is 0 Å². The Morgan fingerprint density at radius 2 is 2.24 bits per heavy atom. The van der Waals surface area contributed by atoms with Crippen molar-refractivity contribution in [1.82, 2.24) is 10.3 Å². The van der Waals surface area contributed by atoms with E-state index >= 15 is 0 Å². The molecule has 1 aromatic carbocycles. The zero-order chi connectivity index (χ0) is 12.1. The molecule has 90 valence electrons. The SMILES string of the molecule is CNCC(C)OCc1ccc2ncccc2c1. The van der Waals surface area contributed by atoms with Crippen molar-refractivity contribution in [2.75, 3.05) is 13.6 Å². The Kier molecular flexibility index (Phi) is 4.07. The molecule has 0 fully saturated rings. The van der Waals surface area contributed by atoms with E-state index in [0.717, 1.165) is 17.4 Å². The van der Waals surface area contributed by atoms with Crippen molar-refractivity contribution >= 4 is 10.9 Å². The number of benzene rings is 1. The van der Waals surface area contributed by atoms with Crippen molar-refractivity contribution in [3.8, 4) is 0 Å². The highest BCUT2D eigenvalue weighted by molar-refractivity contribution is 5.78. The van der Waals surface area contributed by atoms with Crippen molar-refractivity contribution in [2.45, 2.75) is 19.6 Å². The van der Waals surface area contributed by atoms with Crippen LogP contribution in [0, 0.1) is 0 Å². The van der Waals surface area contributed by atoms with E-state index in [4.69, 9.17) is 4.74 Å². The Morgan fingerprint density at radius 1 is 1.35 bits per heavy atom. The zero-order valence-corrected chi connectivity index (χ0v) is 10.3. The molecule has 0 saturated carbocycles. The summed E-state index contributed by atoms with van der Waals surface area (Å²) in [6.45, 7) is 3.59. The monoisotopic (exact) mass is 230 g/mol. The van der Waals surface area contributed by atoms with Crippen molar-refractivity contribution in [3.05, 3.63) is 42.1 Å². The summed E-state index contributed by atoms with van der Waals surface area (Å²) < 4.78 is 5.73. The number of hydrogen-bond acceptors (Lipinski definition) is 3. The van der Waals surface area contributed by atoms with Gasteiger partial charge in [-0.2, -0.15) is 0 Å². The van der Waals surface area contributed by atoms with Gasteiger partial charge in [0.2, 0.25) is 0 Å². The molecule has 1 heterocycles. The predicted molar refractivity (Wildman–Crippen MR) is 69.9 cm³/mol. The highest BCUT2D eigenvalue weighted by Crippen LogP contribution is 2.14. The molecule has 0 saturated heterocycles. The quantitative estimate of drug-likeness (QED) is 0.856. The molecule has 0 aliphatic rings. The number of rotatable bonds is 5. The van der Waals surface area contributed by atoms with Gasteiger partial charge in [0.25, 0.3) is 0 Å². The van der Waals surface area contributed by atoms with E-state index < -0.39 is 0 Å². The van der Waals surface area contributed by atoms with Crippen LogP contribution in [-0.4, -0.2) is 24.7 Å². The third-order valence-electron chi connectivity index (χ3n) is 2.69. The fraction of sp³-hybridized carbons (Fsp3) is 0.357. The molecule has 1 unspecified atom stereocenters. The summed E-state index contributed by atoms with van der Waals surface area (Å²) >= 11 is 0. The smallest absolute Gasteiger partial charge is 0.0721 e. The number of nitrogens with one attached hydrogen (secondary N) is 1. The molecular weight excluding hydrogens is 212 g/mol. The second kappa shape index (κ2) is 5.75. The highest BCUT2D eigenvalue weighted by atomic mass is 16.5. The van der Waals surface area contributed by atoms with Gasteiger partial charge in [-0.3, -0.25) is 4.98 Å². The van der Waals surface area contributed by atoms with Crippen LogP contribution >= 0.6 is 0 Å². The molecule has 1 aromatic heterocycles. The molecule has 0 bridgehead atoms. The van der Waals surface area contributed by atoms with Crippen molar-refractivity contribution in [3.63, 3.8) is 0 Å². The Balaban J connectivity index is 2.04. The van der Waals surface area contributed by atoms with Crippen molar-refractivity contribution in [1.29, 1.82) is 0 Å². The van der Waals surface area contributed by atoms with Crippen LogP contribution in [0.1, 0.15) is 12.5 Å². The molecule has 17 heavy (non-hydrogen) atoms. The van der Waals surface area contributed by atoms with Crippen LogP contribution in [0.2, 0.25) is 0 Å². The predicted octanol–water partition coefficient (Wildman–Crippen LogP) is 2.36. The van der Waals surface area contributed by atoms with Gasteiger partial charge in [0, 0.05) is 18.1 Å². The second-order valence-corrected chi connectivity index (χ2v) is 4.21. The number of fused-ring (bicyclic) bond motifs is 1. The van der Waals surface area contributed by atoms with E-state index in [1.807, 2.05) is 25.4 Å². The Bertz CT molecular complexity index is 484. The van der Waals surface area contributed by atoms with Gasteiger partial charge in [-0.1, -0.05) is 12.1 Å². The molecule has 0 spiro atoms. The lowest BCUT2D eigenvalue weighted by molar-refractivity contribution is 0.0545. The van der Waals surface area contributed by atoms with Crippen molar-refractivity contribution in [2.24, 2.45) is 0 Å². The van der Waals surface area contributed by atoms with Gasteiger partial charge >= 0.3 is 0 Å². The maximum Gasteiger partial charge on any atom is 0.0721 e. The second-order valence-electron chi connectivity index (χ2n) is 4.21. The molecular formula is C14H18N2O. The summed E-state index contributed by atoms with van der Waals surface area (Å²) in [5, 5.41) is 4.26. The molecule has 0 aliphatic heterocycles. The molecule has 0 aliphatic carbocycles. The number of likely N-dealkylation sites (N-methyl/N-ethyl adjacent to an activating group) is 1. The summed E-state index contributed by atoms with van der Waals surface area (Å²) in [5.41, 5.74) is 2.22. The van der Waals surface area contributed by atoms with Crippen LogP contribution in [0.25, 0.3) is 10.9 Å². The average molecular weight is 230 g/mol. The van der Waals surface area contributed by atoms with Gasteiger partial charge < -0.3 is 10.1 Å². The summed E-state index contributed by atoms with van der Waals surface area (Å²) in [7, 11) is 1.93. The van der Waals surface area contributed by atoms with Gasteiger partial charge in [-0.25, -0.2) is 0 Å². The molecule has 0 radical (unpaired) electrons. The zero-order valence-electron chi connectivity index (χ0n) is 10.3. The molecule has 3 nitrogen and oxygen atoms in total. The average Bonchev–Trinajstić information content (AvgIpc) is 2.36. The maximum atomic E-state index is 5.73. The van der Waals surface area contributed by atoms with Crippen LogP contribution < -0.4 is 5.32 Å². The number of ether oxygens (including phenoxy) is 1. The number of aromatic nitrogens is 1. The van der Waals surface area contributed by atoms with Gasteiger partial charge in [0.05, 0.1) is 18.2 Å². The largest absolute Gasteiger partial charge is 0.373 e. The highest BCUT2D eigenvalue weighted by Gasteiger charge is 2.02. The Labute approximate surface area is 102 Å². The van der Waals surface area contributed by atoms with Crippen LogP contribution in [-0.2, 0) is 11.3 Å². The van der Waals surface area contributed by atoms with Crippen LogP contribution in [0.5, 0.6) is 0 Å². The van der Waals surface area contributed by atoms with E-state index in [-0.39, 0.29) is 6.10 Å². The standard InChI is InChI=1S/C14H18N2O/c1-11(9-15-2)17-10-12-5-6-14-13(8-12)4-3-7-16-14/h3-8,11,15H,9-10H2,1-2H3. The summed E-state index contributed by atoms with van der Waals surface area (Å²) in [5.74, 6) is 0. The maximum absolute atomic E-state index is 5.73. The first-order chi connectivity index (χ1) is 8.29. The summed E-state index contributed by atoms with van der Waals surface area (Å²) in [4.78, 5) is 4.30. The lowest BCUT2D eigenvalue weighted by Crippen LogP contribution is -2.23. The molecule has 2 rings (SSSR count). The molecule has 1 N–H and O–H groups in total. The van der Waals surface area contributed by atoms with Crippen LogP contribution in [0.15, 0.2) is 36.5 Å². The minimum Gasteiger partial charge on any atom is -0.373 e. The first-order valence-electron chi connectivity index (χ1n) is 5.89. The minimum absolute atomic E-state index is 0.226. The van der Waals surface area contributed by atoms with Gasteiger partial charge in [0.1, 0.15) is 0 Å². The molecule has 0 amide bonds. The normalized spacial score (nSPS) is 12.8. The topological polar surface area (TPSA) is 34.1 Å². The Hall–Kier alpha value is -1.45. The van der Waals surface area contributed by atoms with E-state index in [1.165, 1.54) is 5.56 Å². The number of nitrogens with zero attached hydrogens (tertiary/aromatic N) is 1. The van der Waals surface area contributed by atoms with Gasteiger partial charge in [-0.05, 0) is 37.7 Å². The molecule has 3 heteroatoms. The molecule has 2 aromatic rings. The van der Waals surface area contributed by atoms with Crippen LogP contribution in [0.4, 0.5) is 0 Å². The Morgan fingerprint density at radius 3 is 3.06 bits per heavy atom. The summed E-state index contributed by atoms with van der Waals surface area (Å²) in [6, 6.07) is 10.3.